The van der Waals surface area contributed by atoms with Crippen molar-refractivity contribution in [1.29, 1.82) is 0 Å². The minimum Gasteiger partial charge on any atom is -0.493 e. The zero-order chi connectivity index (χ0) is 18.2. The van der Waals surface area contributed by atoms with E-state index >= 15 is 0 Å². The van der Waals surface area contributed by atoms with E-state index < -0.39 is 0 Å². The van der Waals surface area contributed by atoms with Gasteiger partial charge in [0.2, 0.25) is 0 Å². The smallest absolute Gasteiger partial charge is 0.193 e. The van der Waals surface area contributed by atoms with Crippen molar-refractivity contribution in [3.8, 4) is 11.5 Å². The number of methoxy groups -OCH3 is 2. The number of nitrogens with zero attached hydrogens (tertiary/aromatic N) is 2. The molecule has 7 heteroatoms. The van der Waals surface area contributed by atoms with E-state index in [9.17, 15) is 0 Å². The minimum absolute atomic E-state index is 0.749. The van der Waals surface area contributed by atoms with Gasteiger partial charge in [0.25, 0.3) is 0 Å². The Morgan fingerprint density at radius 2 is 1.96 bits per heavy atom. The van der Waals surface area contributed by atoms with Crippen LogP contribution < -0.4 is 14.8 Å². The largest absolute Gasteiger partial charge is 0.493 e. The monoisotopic (exact) mass is 425 g/mol. The van der Waals surface area contributed by atoms with E-state index in [0.717, 1.165) is 40.8 Å². The molecule has 0 aliphatic carbocycles. The predicted octanol–water partition coefficient (Wildman–Crippen LogP) is 3.78. The summed E-state index contributed by atoms with van der Waals surface area (Å²) in [5.74, 6) is 2.39. The minimum atomic E-state index is 0.749. The maximum atomic E-state index is 5.36. The van der Waals surface area contributed by atoms with Crippen LogP contribution in [0.5, 0.6) is 11.5 Å². The lowest BCUT2D eigenvalue weighted by atomic mass is 10.1. The van der Waals surface area contributed by atoms with Gasteiger partial charge < -0.3 is 19.7 Å². The molecule has 5 nitrogen and oxygen atoms in total. The molecule has 2 rings (SSSR count). The quantitative estimate of drug-likeness (QED) is 0.541. The number of hydrogen-bond donors (Lipinski definition) is 1. The Hall–Kier alpha value is -1.73. The average molecular weight is 426 g/mol. The molecule has 0 bridgehead atoms. The van der Waals surface area contributed by atoms with Crippen LogP contribution in [0, 0.1) is 0 Å². The zero-order valence-corrected chi connectivity index (χ0v) is 17.4. The van der Waals surface area contributed by atoms with Crippen LogP contribution in [0.1, 0.15) is 10.4 Å². The van der Waals surface area contributed by atoms with Gasteiger partial charge in [-0.1, -0.05) is 6.07 Å². The van der Waals surface area contributed by atoms with E-state index in [1.807, 2.05) is 19.2 Å². The van der Waals surface area contributed by atoms with Crippen molar-refractivity contribution in [1.82, 2.24) is 10.2 Å². The molecule has 1 heterocycles. The van der Waals surface area contributed by atoms with Crippen molar-refractivity contribution in [2.45, 2.75) is 13.0 Å². The molecule has 1 N–H and O–H groups in total. The standard InChI is InChI=1S/C18H24BrN3O2S/c1-20-18(21-12-14-6-8-17(19)25-14)22(2)10-9-13-5-7-15(23-3)16(11-13)24-4/h5-8,11H,9-10,12H2,1-4H3,(H,20,21). The molecule has 0 aliphatic rings. The summed E-state index contributed by atoms with van der Waals surface area (Å²) in [5, 5.41) is 3.40. The van der Waals surface area contributed by atoms with Gasteiger partial charge in [0.15, 0.2) is 17.5 Å². The number of rotatable bonds is 7. The number of likely N-dealkylation sites (N-methyl/N-ethyl adjacent to an activating group) is 1. The molecule has 1 aromatic heterocycles. The maximum absolute atomic E-state index is 5.36. The summed E-state index contributed by atoms with van der Waals surface area (Å²) in [6.07, 6.45) is 0.891. The highest BCUT2D eigenvalue weighted by Gasteiger charge is 2.09. The van der Waals surface area contributed by atoms with Crippen LogP contribution >= 0.6 is 27.3 Å². The van der Waals surface area contributed by atoms with E-state index in [0.29, 0.717) is 0 Å². The van der Waals surface area contributed by atoms with E-state index in [4.69, 9.17) is 9.47 Å². The van der Waals surface area contributed by atoms with Crippen molar-refractivity contribution >= 4 is 33.2 Å². The number of aliphatic imine (C=N–C) groups is 1. The van der Waals surface area contributed by atoms with Crippen molar-refractivity contribution in [2.24, 2.45) is 4.99 Å². The van der Waals surface area contributed by atoms with Crippen molar-refractivity contribution in [3.63, 3.8) is 0 Å². The van der Waals surface area contributed by atoms with Crippen LogP contribution in [0.25, 0.3) is 0 Å². The fourth-order valence-corrected chi connectivity index (χ4v) is 3.86. The Kier molecular flexibility index (Phi) is 7.58. The van der Waals surface area contributed by atoms with E-state index in [2.05, 4.69) is 49.3 Å². The summed E-state index contributed by atoms with van der Waals surface area (Å²) in [6, 6.07) is 10.2. The van der Waals surface area contributed by atoms with Crippen LogP contribution in [0.2, 0.25) is 0 Å². The Morgan fingerprint density at radius 1 is 1.20 bits per heavy atom. The first-order valence-corrected chi connectivity index (χ1v) is 9.55. The number of halogens is 1. The molecule has 0 amide bonds. The van der Waals surface area contributed by atoms with Gasteiger partial charge >= 0.3 is 0 Å². The van der Waals surface area contributed by atoms with Crippen LogP contribution in [0.4, 0.5) is 0 Å². The second kappa shape index (κ2) is 9.68. The third-order valence-electron chi connectivity index (χ3n) is 3.81. The lowest BCUT2D eigenvalue weighted by Crippen LogP contribution is -2.39. The molecule has 136 valence electrons. The highest BCUT2D eigenvalue weighted by Crippen LogP contribution is 2.27. The van der Waals surface area contributed by atoms with Gasteiger partial charge in [-0.3, -0.25) is 4.99 Å². The lowest BCUT2D eigenvalue weighted by Gasteiger charge is -2.22. The van der Waals surface area contributed by atoms with Crippen LogP contribution in [0.3, 0.4) is 0 Å². The number of guanidine groups is 1. The summed E-state index contributed by atoms with van der Waals surface area (Å²) in [5.41, 5.74) is 1.20. The molecule has 25 heavy (non-hydrogen) atoms. The molecule has 0 fully saturated rings. The third-order valence-corrected chi connectivity index (χ3v) is 5.43. The van der Waals surface area contributed by atoms with E-state index in [1.165, 1.54) is 10.4 Å². The number of ether oxygens (including phenoxy) is 2. The highest BCUT2D eigenvalue weighted by molar-refractivity contribution is 9.11. The summed E-state index contributed by atoms with van der Waals surface area (Å²) >= 11 is 5.21. The molecule has 0 spiro atoms. The molecular formula is C18H24BrN3O2S. The second-order valence-corrected chi connectivity index (χ2v) is 8.02. The topological polar surface area (TPSA) is 46.1 Å². The predicted molar refractivity (Wildman–Crippen MR) is 108 cm³/mol. The van der Waals surface area contributed by atoms with Gasteiger partial charge in [-0.25, -0.2) is 0 Å². The second-order valence-electron chi connectivity index (χ2n) is 5.47. The molecule has 0 unspecified atom stereocenters. The number of hydrogen-bond acceptors (Lipinski definition) is 4. The molecule has 0 atom stereocenters. The number of nitrogens with one attached hydrogen (secondary N) is 1. The summed E-state index contributed by atoms with van der Waals surface area (Å²) in [4.78, 5) is 7.75. The Bertz CT molecular complexity index is 718. The van der Waals surface area contributed by atoms with Crippen molar-refractivity contribution in [3.05, 3.63) is 44.6 Å². The Labute approximate surface area is 161 Å². The van der Waals surface area contributed by atoms with Gasteiger partial charge in [0, 0.05) is 25.5 Å². The molecule has 0 saturated carbocycles. The normalized spacial score (nSPS) is 11.3. The zero-order valence-electron chi connectivity index (χ0n) is 15.0. The summed E-state index contributed by atoms with van der Waals surface area (Å²) in [7, 11) is 7.15. The average Bonchev–Trinajstić information content (AvgIpc) is 3.05. The van der Waals surface area contributed by atoms with Gasteiger partial charge in [-0.2, -0.15) is 0 Å². The Balaban J connectivity index is 1.90. The first-order valence-electron chi connectivity index (χ1n) is 7.94. The molecule has 0 radical (unpaired) electrons. The van der Waals surface area contributed by atoms with Gasteiger partial charge in [0.05, 0.1) is 24.6 Å². The molecular weight excluding hydrogens is 402 g/mol. The fourth-order valence-electron chi connectivity index (χ4n) is 2.44. The van der Waals surface area contributed by atoms with Gasteiger partial charge in [-0.15, -0.1) is 11.3 Å². The first-order chi connectivity index (χ1) is 12.1. The van der Waals surface area contributed by atoms with Crippen molar-refractivity contribution < 1.29 is 9.47 Å². The first kappa shape index (κ1) is 19.6. The fraction of sp³-hybridized carbons (Fsp3) is 0.389. The molecule has 2 aromatic rings. The molecule has 1 aromatic carbocycles. The highest BCUT2D eigenvalue weighted by atomic mass is 79.9. The number of benzene rings is 1. The summed E-state index contributed by atoms with van der Waals surface area (Å²) in [6.45, 7) is 1.62. The maximum Gasteiger partial charge on any atom is 0.193 e. The van der Waals surface area contributed by atoms with Crippen LogP contribution in [0.15, 0.2) is 39.1 Å². The van der Waals surface area contributed by atoms with Crippen LogP contribution in [-0.2, 0) is 13.0 Å². The van der Waals surface area contributed by atoms with E-state index in [-0.39, 0.29) is 0 Å². The lowest BCUT2D eigenvalue weighted by molar-refractivity contribution is 0.354. The molecule has 0 aliphatic heterocycles. The Morgan fingerprint density at radius 3 is 2.56 bits per heavy atom. The van der Waals surface area contributed by atoms with Gasteiger partial charge in [0.1, 0.15) is 0 Å². The third kappa shape index (κ3) is 5.64. The summed E-state index contributed by atoms with van der Waals surface area (Å²) < 4.78 is 11.8. The van der Waals surface area contributed by atoms with Gasteiger partial charge in [-0.05, 0) is 52.2 Å². The van der Waals surface area contributed by atoms with E-state index in [1.54, 1.807) is 32.6 Å². The SMILES string of the molecule is CN=C(NCc1ccc(Br)s1)N(C)CCc1ccc(OC)c(OC)c1. The van der Waals surface area contributed by atoms with Crippen LogP contribution in [-0.4, -0.2) is 45.7 Å². The molecule has 0 saturated heterocycles. The van der Waals surface area contributed by atoms with Crippen molar-refractivity contribution in [2.75, 3.05) is 34.9 Å². The number of thiophene rings is 1.